The molecule has 1 aromatic carbocycles. The second-order valence-corrected chi connectivity index (χ2v) is 4.86. The van der Waals surface area contributed by atoms with Gasteiger partial charge in [-0.1, -0.05) is 13.0 Å². The van der Waals surface area contributed by atoms with Gasteiger partial charge in [0.25, 0.3) is 0 Å². The molecule has 1 atom stereocenters. The van der Waals surface area contributed by atoms with Gasteiger partial charge in [0, 0.05) is 12.2 Å². The van der Waals surface area contributed by atoms with Gasteiger partial charge >= 0.3 is 11.9 Å². The Labute approximate surface area is 122 Å². The molecule has 6 heteroatoms. The largest absolute Gasteiger partial charge is 0.481 e. The minimum Gasteiger partial charge on any atom is -0.481 e. The molecule has 1 unspecified atom stereocenters. The second kappa shape index (κ2) is 6.39. The number of rotatable bonds is 5. The Bertz CT molecular complexity index is 569. The van der Waals surface area contributed by atoms with Gasteiger partial charge in [0.15, 0.2) is 0 Å². The van der Waals surface area contributed by atoms with Crippen LogP contribution in [0.3, 0.4) is 0 Å². The number of hydrogen-bond donors (Lipinski definition) is 1. The van der Waals surface area contributed by atoms with Gasteiger partial charge in [0.1, 0.15) is 5.92 Å². The van der Waals surface area contributed by atoms with E-state index in [1.807, 2.05) is 6.92 Å². The van der Waals surface area contributed by atoms with E-state index < -0.39 is 23.8 Å². The molecular formula is C15H17NO5. The number of anilines is 1. The molecule has 1 saturated heterocycles. The molecular weight excluding hydrogens is 274 g/mol. The first-order chi connectivity index (χ1) is 10.0. The lowest BCUT2D eigenvalue weighted by molar-refractivity contribution is -0.144. The molecule has 1 heterocycles. The van der Waals surface area contributed by atoms with Crippen LogP contribution in [0.15, 0.2) is 24.3 Å². The molecule has 0 aromatic heterocycles. The van der Waals surface area contributed by atoms with Gasteiger partial charge in [-0.05, 0) is 31.0 Å². The van der Waals surface area contributed by atoms with Gasteiger partial charge in [-0.2, -0.15) is 0 Å². The highest BCUT2D eigenvalue weighted by molar-refractivity contribution is 6.08. The molecule has 0 spiro atoms. The molecule has 1 aliphatic heterocycles. The quantitative estimate of drug-likeness (QED) is 0.659. The van der Waals surface area contributed by atoms with Crippen LogP contribution in [0.25, 0.3) is 0 Å². The lowest BCUT2D eigenvalue weighted by Crippen LogP contribution is -2.30. The van der Waals surface area contributed by atoms with Crippen molar-refractivity contribution in [2.75, 3.05) is 18.1 Å². The third-order valence-corrected chi connectivity index (χ3v) is 3.33. The first-order valence-electron chi connectivity index (χ1n) is 6.86. The van der Waals surface area contributed by atoms with Crippen LogP contribution in [0.4, 0.5) is 5.69 Å². The van der Waals surface area contributed by atoms with Crippen molar-refractivity contribution in [3.8, 4) is 0 Å². The minimum absolute atomic E-state index is 0.276. The maximum absolute atomic E-state index is 12.0. The molecule has 1 amide bonds. The predicted molar refractivity (Wildman–Crippen MR) is 75.1 cm³/mol. The molecule has 6 nitrogen and oxygen atoms in total. The molecule has 1 N–H and O–H groups in total. The number of esters is 1. The highest BCUT2D eigenvalue weighted by Gasteiger charge is 2.37. The van der Waals surface area contributed by atoms with Crippen LogP contribution >= 0.6 is 0 Å². The highest BCUT2D eigenvalue weighted by atomic mass is 16.5. The Kier molecular flexibility index (Phi) is 4.57. The predicted octanol–water partition coefficient (Wildman–Crippen LogP) is 1.69. The summed E-state index contributed by atoms with van der Waals surface area (Å²) in [5.41, 5.74) is 0.877. The van der Waals surface area contributed by atoms with E-state index in [1.165, 1.54) is 4.90 Å². The lowest BCUT2D eigenvalue weighted by atomic mass is 10.1. The van der Waals surface area contributed by atoms with Gasteiger partial charge in [0.2, 0.25) is 5.91 Å². The Morgan fingerprint density at radius 3 is 2.81 bits per heavy atom. The van der Waals surface area contributed by atoms with E-state index in [2.05, 4.69) is 0 Å². The summed E-state index contributed by atoms with van der Waals surface area (Å²) in [5.74, 6) is -3.00. The molecule has 0 aliphatic carbocycles. The molecule has 21 heavy (non-hydrogen) atoms. The van der Waals surface area contributed by atoms with Crippen LogP contribution in [0.2, 0.25) is 0 Å². The summed E-state index contributed by atoms with van der Waals surface area (Å²) in [7, 11) is 0. The van der Waals surface area contributed by atoms with Gasteiger partial charge in [0.05, 0.1) is 12.2 Å². The third kappa shape index (κ3) is 3.21. The van der Waals surface area contributed by atoms with E-state index in [-0.39, 0.29) is 6.42 Å². The first kappa shape index (κ1) is 15.0. The summed E-state index contributed by atoms with van der Waals surface area (Å²) < 4.78 is 5.04. The van der Waals surface area contributed by atoms with E-state index in [0.717, 1.165) is 6.42 Å². The summed E-state index contributed by atoms with van der Waals surface area (Å²) in [6.07, 6.45) is 1.01. The fraction of sp³-hybridized carbons (Fsp3) is 0.400. The number of aliphatic carboxylic acids is 1. The van der Waals surface area contributed by atoms with Crippen molar-refractivity contribution in [2.45, 2.75) is 19.8 Å². The molecule has 0 radical (unpaired) electrons. The maximum atomic E-state index is 12.0. The number of carbonyl (C=O) groups is 3. The Morgan fingerprint density at radius 2 is 2.19 bits per heavy atom. The number of carboxylic acid groups (broad SMARTS) is 1. The summed E-state index contributed by atoms with van der Waals surface area (Å²) in [4.78, 5) is 36.2. The van der Waals surface area contributed by atoms with Gasteiger partial charge in [-0.25, -0.2) is 4.79 Å². The molecule has 1 fully saturated rings. The van der Waals surface area contributed by atoms with Crippen LogP contribution in [-0.2, 0) is 14.3 Å². The fourth-order valence-corrected chi connectivity index (χ4v) is 2.24. The monoisotopic (exact) mass is 291 g/mol. The highest BCUT2D eigenvalue weighted by Crippen LogP contribution is 2.26. The van der Waals surface area contributed by atoms with Crippen LogP contribution in [-0.4, -0.2) is 36.1 Å². The molecule has 1 aliphatic rings. The second-order valence-electron chi connectivity index (χ2n) is 4.86. The van der Waals surface area contributed by atoms with Gasteiger partial charge < -0.3 is 14.7 Å². The van der Waals surface area contributed by atoms with Crippen molar-refractivity contribution < 1.29 is 24.2 Å². The SMILES string of the molecule is CCCOC(=O)c1cccc(N2CCC(C(=O)O)C2=O)c1. The van der Waals surface area contributed by atoms with Crippen molar-refractivity contribution in [3.05, 3.63) is 29.8 Å². The van der Waals surface area contributed by atoms with Crippen molar-refractivity contribution in [1.29, 1.82) is 0 Å². The molecule has 2 rings (SSSR count). The Morgan fingerprint density at radius 1 is 1.43 bits per heavy atom. The molecule has 0 saturated carbocycles. The number of hydrogen-bond acceptors (Lipinski definition) is 4. The topological polar surface area (TPSA) is 83.9 Å². The third-order valence-electron chi connectivity index (χ3n) is 3.33. The average molecular weight is 291 g/mol. The molecule has 1 aromatic rings. The Balaban J connectivity index is 2.16. The van der Waals surface area contributed by atoms with E-state index in [9.17, 15) is 14.4 Å². The zero-order chi connectivity index (χ0) is 15.4. The summed E-state index contributed by atoms with van der Waals surface area (Å²) in [6, 6.07) is 6.49. The van der Waals surface area contributed by atoms with Crippen molar-refractivity contribution in [3.63, 3.8) is 0 Å². The number of benzene rings is 1. The molecule has 112 valence electrons. The normalized spacial score (nSPS) is 17.9. The standard InChI is InChI=1S/C15H17NO5/c1-2-8-21-15(20)10-4-3-5-11(9-10)16-7-6-12(13(16)17)14(18)19/h3-5,9,12H,2,6-8H2,1H3,(H,18,19). The summed E-state index contributed by atoms with van der Waals surface area (Å²) in [5, 5.41) is 8.97. The van der Waals surface area contributed by atoms with E-state index in [0.29, 0.717) is 24.4 Å². The van der Waals surface area contributed by atoms with Gasteiger partial charge in [-0.3, -0.25) is 9.59 Å². The Hall–Kier alpha value is -2.37. The zero-order valence-electron chi connectivity index (χ0n) is 11.7. The number of nitrogens with zero attached hydrogens (tertiary/aromatic N) is 1. The van der Waals surface area contributed by atoms with Crippen LogP contribution in [0, 0.1) is 5.92 Å². The van der Waals surface area contributed by atoms with Crippen molar-refractivity contribution in [1.82, 2.24) is 0 Å². The smallest absolute Gasteiger partial charge is 0.338 e. The number of amides is 1. The summed E-state index contributed by atoms with van der Waals surface area (Å²) in [6.45, 7) is 2.58. The van der Waals surface area contributed by atoms with E-state index in [4.69, 9.17) is 9.84 Å². The van der Waals surface area contributed by atoms with E-state index >= 15 is 0 Å². The maximum Gasteiger partial charge on any atom is 0.338 e. The van der Waals surface area contributed by atoms with Crippen LogP contribution in [0.5, 0.6) is 0 Å². The van der Waals surface area contributed by atoms with Crippen molar-refractivity contribution >= 4 is 23.5 Å². The van der Waals surface area contributed by atoms with Gasteiger partial charge in [-0.15, -0.1) is 0 Å². The summed E-state index contributed by atoms with van der Waals surface area (Å²) >= 11 is 0. The van der Waals surface area contributed by atoms with Crippen LogP contribution in [0.1, 0.15) is 30.1 Å². The number of carboxylic acids is 1. The number of ether oxygens (including phenoxy) is 1. The zero-order valence-corrected chi connectivity index (χ0v) is 11.7. The molecule has 0 bridgehead atoms. The van der Waals surface area contributed by atoms with Crippen LogP contribution < -0.4 is 4.90 Å². The minimum atomic E-state index is -1.11. The van der Waals surface area contributed by atoms with E-state index in [1.54, 1.807) is 24.3 Å². The first-order valence-corrected chi connectivity index (χ1v) is 6.86. The lowest BCUT2D eigenvalue weighted by Gasteiger charge is -2.16. The fourth-order valence-electron chi connectivity index (χ4n) is 2.24. The van der Waals surface area contributed by atoms with Crippen molar-refractivity contribution in [2.24, 2.45) is 5.92 Å². The average Bonchev–Trinajstić information content (AvgIpc) is 2.86. The number of carbonyl (C=O) groups excluding carboxylic acids is 2.